The van der Waals surface area contributed by atoms with E-state index in [0.29, 0.717) is 23.2 Å². The minimum Gasteiger partial charge on any atom is -0.493 e. The first-order chi connectivity index (χ1) is 8.54. The van der Waals surface area contributed by atoms with Crippen LogP contribution in [0.3, 0.4) is 0 Å². The first kappa shape index (κ1) is 15.0. The molecular formula is C14H21ClO3. The second kappa shape index (κ2) is 6.74. The third-order valence-electron chi connectivity index (χ3n) is 2.75. The minimum absolute atomic E-state index is 0.0974. The van der Waals surface area contributed by atoms with Crippen LogP contribution in [-0.4, -0.2) is 21.3 Å². The van der Waals surface area contributed by atoms with Crippen molar-refractivity contribution in [3.8, 4) is 17.2 Å². The smallest absolute Gasteiger partial charge is 0.203 e. The molecule has 0 aromatic heterocycles. The van der Waals surface area contributed by atoms with Gasteiger partial charge >= 0.3 is 0 Å². The molecule has 3 nitrogen and oxygen atoms in total. The lowest BCUT2D eigenvalue weighted by Crippen LogP contribution is -2.02. The summed E-state index contributed by atoms with van der Waals surface area (Å²) in [5.74, 6) is 2.40. The molecule has 0 aliphatic rings. The highest BCUT2D eigenvalue weighted by molar-refractivity contribution is 6.21. The van der Waals surface area contributed by atoms with E-state index in [9.17, 15) is 0 Å². The summed E-state index contributed by atoms with van der Waals surface area (Å²) in [4.78, 5) is 0. The summed E-state index contributed by atoms with van der Waals surface area (Å²) in [6.45, 7) is 4.28. The van der Waals surface area contributed by atoms with Gasteiger partial charge in [-0.2, -0.15) is 0 Å². The van der Waals surface area contributed by atoms with E-state index in [1.807, 2.05) is 12.1 Å². The average molecular weight is 273 g/mol. The standard InChI is InChI=1S/C14H21ClO3/c1-9(2)8-11(15)10-6-7-12(16-3)14(18-5)13(10)17-4/h6-7,9,11H,8H2,1-5H3. The number of hydrogen-bond acceptors (Lipinski definition) is 3. The third kappa shape index (κ3) is 3.22. The van der Waals surface area contributed by atoms with Crippen molar-refractivity contribution in [1.29, 1.82) is 0 Å². The third-order valence-corrected chi connectivity index (χ3v) is 3.16. The van der Waals surface area contributed by atoms with Gasteiger partial charge in [-0.3, -0.25) is 0 Å². The summed E-state index contributed by atoms with van der Waals surface area (Å²) in [7, 11) is 4.80. The molecule has 0 aliphatic carbocycles. The van der Waals surface area contributed by atoms with Crippen molar-refractivity contribution >= 4 is 11.6 Å². The number of alkyl halides is 1. The maximum absolute atomic E-state index is 6.43. The summed E-state index contributed by atoms with van der Waals surface area (Å²) in [5.41, 5.74) is 0.936. The van der Waals surface area contributed by atoms with E-state index in [1.165, 1.54) is 0 Å². The van der Waals surface area contributed by atoms with Crippen molar-refractivity contribution < 1.29 is 14.2 Å². The minimum atomic E-state index is -0.0974. The zero-order valence-corrected chi connectivity index (χ0v) is 12.4. The molecule has 0 heterocycles. The summed E-state index contributed by atoms with van der Waals surface area (Å²) >= 11 is 6.43. The Bertz CT molecular complexity index is 391. The van der Waals surface area contributed by atoms with E-state index >= 15 is 0 Å². The van der Waals surface area contributed by atoms with Crippen LogP contribution in [0.2, 0.25) is 0 Å². The van der Waals surface area contributed by atoms with E-state index in [2.05, 4.69) is 13.8 Å². The number of methoxy groups -OCH3 is 3. The molecule has 1 aromatic carbocycles. The fraction of sp³-hybridized carbons (Fsp3) is 0.571. The highest BCUT2D eigenvalue weighted by atomic mass is 35.5. The molecule has 0 amide bonds. The van der Waals surface area contributed by atoms with E-state index in [4.69, 9.17) is 25.8 Å². The monoisotopic (exact) mass is 272 g/mol. The van der Waals surface area contributed by atoms with Crippen LogP contribution in [0.1, 0.15) is 31.2 Å². The predicted octanol–water partition coefficient (Wildman–Crippen LogP) is 4.04. The fourth-order valence-corrected chi connectivity index (χ4v) is 2.44. The number of hydrogen-bond donors (Lipinski definition) is 0. The summed E-state index contributed by atoms with van der Waals surface area (Å²) in [6.07, 6.45) is 0.882. The molecule has 1 aromatic rings. The van der Waals surface area contributed by atoms with E-state index in [1.54, 1.807) is 21.3 Å². The van der Waals surface area contributed by atoms with Crippen LogP contribution in [0, 0.1) is 5.92 Å². The van der Waals surface area contributed by atoms with Crippen LogP contribution >= 0.6 is 11.6 Å². The van der Waals surface area contributed by atoms with Crippen molar-refractivity contribution in [3.63, 3.8) is 0 Å². The lowest BCUT2D eigenvalue weighted by molar-refractivity contribution is 0.321. The highest BCUT2D eigenvalue weighted by Crippen LogP contribution is 2.44. The van der Waals surface area contributed by atoms with Crippen LogP contribution in [0.25, 0.3) is 0 Å². The molecule has 102 valence electrons. The number of benzene rings is 1. The zero-order chi connectivity index (χ0) is 13.7. The Hall–Kier alpha value is -1.09. The Morgan fingerprint density at radius 2 is 1.61 bits per heavy atom. The van der Waals surface area contributed by atoms with Crippen molar-refractivity contribution in [2.75, 3.05) is 21.3 Å². The maximum Gasteiger partial charge on any atom is 0.203 e. The van der Waals surface area contributed by atoms with Crippen molar-refractivity contribution in [1.82, 2.24) is 0 Å². The van der Waals surface area contributed by atoms with Gasteiger partial charge in [-0.15, -0.1) is 11.6 Å². The molecule has 4 heteroatoms. The lowest BCUT2D eigenvalue weighted by atomic mass is 10.0. The second-order valence-corrected chi connectivity index (χ2v) is 5.05. The average Bonchev–Trinajstić information content (AvgIpc) is 2.35. The van der Waals surface area contributed by atoms with Gasteiger partial charge in [-0.25, -0.2) is 0 Å². The Balaban J connectivity index is 3.20. The normalized spacial score (nSPS) is 12.4. The SMILES string of the molecule is COc1ccc(C(Cl)CC(C)C)c(OC)c1OC. The van der Waals surface area contributed by atoms with Crippen LogP contribution < -0.4 is 14.2 Å². The highest BCUT2D eigenvalue weighted by Gasteiger charge is 2.21. The molecule has 0 bridgehead atoms. The largest absolute Gasteiger partial charge is 0.493 e. The quantitative estimate of drug-likeness (QED) is 0.732. The molecule has 0 saturated heterocycles. The van der Waals surface area contributed by atoms with Gasteiger partial charge in [0.15, 0.2) is 11.5 Å². The van der Waals surface area contributed by atoms with Gasteiger partial charge in [-0.1, -0.05) is 13.8 Å². The molecule has 0 radical (unpaired) electrons. The number of rotatable bonds is 6. The van der Waals surface area contributed by atoms with Crippen molar-refractivity contribution in [2.24, 2.45) is 5.92 Å². The molecule has 1 atom stereocenters. The van der Waals surface area contributed by atoms with Crippen LogP contribution in [0.15, 0.2) is 12.1 Å². The van der Waals surface area contributed by atoms with Crippen LogP contribution in [0.4, 0.5) is 0 Å². The van der Waals surface area contributed by atoms with Crippen molar-refractivity contribution in [2.45, 2.75) is 25.6 Å². The van der Waals surface area contributed by atoms with Gasteiger partial charge < -0.3 is 14.2 Å². The van der Waals surface area contributed by atoms with Gasteiger partial charge in [0.2, 0.25) is 5.75 Å². The Kier molecular flexibility index (Phi) is 5.60. The summed E-state index contributed by atoms with van der Waals surface area (Å²) < 4.78 is 16.0. The van der Waals surface area contributed by atoms with Gasteiger partial charge in [-0.05, 0) is 24.5 Å². The van der Waals surface area contributed by atoms with Gasteiger partial charge in [0, 0.05) is 5.56 Å². The topological polar surface area (TPSA) is 27.7 Å². The van der Waals surface area contributed by atoms with Crippen LogP contribution in [-0.2, 0) is 0 Å². The molecule has 0 saturated carbocycles. The Labute approximate surface area is 114 Å². The summed E-state index contributed by atoms with van der Waals surface area (Å²) in [6, 6.07) is 3.78. The Morgan fingerprint density at radius 3 is 2.06 bits per heavy atom. The molecule has 1 rings (SSSR count). The van der Waals surface area contributed by atoms with Crippen molar-refractivity contribution in [3.05, 3.63) is 17.7 Å². The van der Waals surface area contributed by atoms with E-state index < -0.39 is 0 Å². The molecule has 0 fully saturated rings. The first-order valence-electron chi connectivity index (χ1n) is 5.98. The maximum atomic E-state index is 6.43. The van der Waals surface area contributed by atoms with Gasteiger partial charge in [0.25, 0.3) is 0 Å². The predicted molar refractivity (Wildman–Crippen MR) is 74.1 cm³/mol. The molecule has 0 N–H and O–H groups in total. The molecular weight excluding hydrogens is 252 g/mol. The molecule has 18 heavy (non-hydrogen) atoms. The van der Waals surface area contributed by atoms with Crippen LogP contribution in [0.5, 0.6) is 17.2 Å². The van der Waals surface area contributed by atoms with Gasteiger partial charge in [0.1, 0.15) is 0 Å². The summed E-state index contributed by atoms with van der Waals surface area (Å²) in [5, 5.41) is -0.0974. The molecule has 0 spiro atoms. The first-order valence-corrected chi connectivity index (χ1v) is 6.41. The lowest BCUT2D eigenvalue weighted by Gasteiger charge is -2.19. The van der Waals surface area contributed by atoms with E-state index in [-0.39, 0.29) is 5.38 Å². The Morgan fingerprint density at radius 1 is 1.00 bits per heavy atom. The number of halogens is 1. The number of ether oxygens (including phenoxy) is 3. The van der Waals surface area contributed by atoms with Gasteiger partial charge in [0.05, 0.1) is 26.7 Å². The van der Waals surface area contributed by atoms with E-state index in [0.717, 1.165) is 12.0 Å². The molecule has 1 unspecified atom stereocenters. The fourth-order valence-electron chi connectivity index (χ4n) is 1.91. The second-order valence-electron chi connectivity index (χ2n) is 4.52. The molecule has 0 aliphatic heterocycles. The zero-order valence-electron chi connectivity index (χ0n) is 11.6.